The minimum absolute atomic E-state index is 0.475. The standard InChI is InChI=1S/C8H17O3/c1-2-3-4-5-6-7-8-10-11-9/h3,9H,2,4-8H2,1H3. The molecule has 0 bridgehead atoms. The molecule has 0 aromatic heterocycles. The van der Waals surface area contributed by atoms with E-state index in [1.807, 2.05) is 0 Å². The SMILES string of the molecule is CC[CH]CCCCCOOO. The van der Waals surface area contributed by atoms with Gasteiger partial charge in [0.05, 0.1) is 6.61 Å². The second-order valence-corrected chi connectivity index (χ2v) is 2.44. The van der Waals surface area contributed by atoms with Gasteiger partial charge in [0.2, 0.25) is 0 Å². The van der Waals surface area contributed by atoms with Crippen molar-refractivity contribution in [1.82, 2.24) is 0 Å². The largest absolute Gasteiger partial charge is 0.221 e. The molecule has 0 aromatic rings. The predicted octanol–water partition coefficient (Wildman–Crippen LogP) is 2.58. The van der Waals surface area contributed by atoms with Gasteiger partial charge in [-0.3, -0.25) is 0 Å². The fourth-order valence-corrected chi connectivity index (χ4v) is 0.868. The first-order valence-corrected chi connectivity index (χ1v) is 4.16. The Bertz CT molecular complexity index is 58.4. The zero-order valence-electron chi connectivity index (χ0n) is 7.08. The third-order valence-corrected chi connectivity index (χ3v) is 1.48. The van der Waals surface area contributed by atoms with Gasteiger partial charge in [-0.2, -0.15) is 0 Å². The highest BCUT2D eigenvalue weighted by atomic mass is 17.5. The summed E-state index contributed by atoms with van der Waals surface area (Å²) in [4.78, 5) is 4.29. The van der Waals surface area contributed by atoms with E-state index in [-0.39, 0.29) is 0 Å². The molecule has 0 saturated carbocycles. The summed E-state index contributed by atoms with van der Waals surface area (Å²) in [6, 6.07) is 0. The van der Waals surface area contributed by atoms with Crippen LogP contribution in [0.1, 0.15) is 39.0 Å². The van der Waals surface area contributed by atoms with Crippen molar-refractivity contribution in [3.63, 3.8) is 0 Å². The van der Waals surface area contributed by atoms with Crippen LogP contribution in [0, 0.1) is 6.42 Å². The van der Waals surface area contributed by atoms with Gasteiger partial charge in [-0.15, -0.1) is 0 Å². The van der Waals surface area contributed by atoms with Crippen molar-refractivity contribution < 1.29 is 15.2 Å². The van der Waals surface area contributed by atoms with Crippen molar-refractivity contribution in [2.45, 2.75) is 39.0 Å². The molecule has 3 heteroatoms. The lowest BCUT2D eigenvalue weighted by molar-refractivity contribution is -0.490. The van der Waals surface area contributed by atoms with Crippen LogP contribution in [0.3, 0.4) is 0 Å². The monoisotopic (exact) mass is 161 g/mol. The van der Waals surface area contributed by atoms with E-state index in [0.29, 0.717) is 6.61 Å². The number of hydrogen-bond acceptors (Lipinski definition) is 3. The van der Waals surface area contributed by atoms with Crippen LogP contribution in [-0.4, -0.2) is 11.9 Å². The highest BCUT2D eigenvalue weighted by molar-refractivity contribution is 4.60. The molecule has 0 amide bonds. The van der Waals surface area contributed by atoms with E-state index in [1.54, 1.807) is 0 Å². The third-order valence-electron chi connectivity index (χ3n) is 1.48. The van der Waals surface area contributed by atoms with Crippen molar-refractivity contribution in [2.75, 3.05) is 6.61 Å². The van der Waals surface area contributed by atoms with Crippen LogP contribution in [-0.2, 0) is 9.93 Å². The molecule has 0 unspecified atom stereocenters. The summed E-state index contributed by atoms with van der Waals surface area (Å²) in [6.07, 6.45) is 7.86. The van der Waals surface area contributed by atoms with E-state index >= 15 is 0 Å². The Hall–Kier alpha value is -0.120. The van der Waals surface area contributed by atoms with Gasteiger partial charge in [-0.1, -0.05) is 37.6 Å². The summed E-state index contributed by atoms with van der Waals surface area (Å²) < 4.78 is 0. The highest BCUT2D eigenvalue weighted by Crippen LogP contribution is 2.03. The number of hydrogen-bond donors (Lipinski definition) is 1. The van der Waals surface area contributed by atoms with Crippen LogP contribution in [0.25, 0.3) is 0 Å². The summed E-state index contributed by atoms with van der Waals surface area (Å²) >= 11 is 0. The molecule has 0 atom stereocenters. The Balaban J connectivity index is 2.69. The Morgan fingerprint density at radius 2 is 2.09 bits per heavy atom. The summed E-state index contributed by atoms with van der Waals surface area (Å²) in [6.45, 7) is 2.62. The minimum atomic E-state index is 0.475. The lowest BCUT2D eigenvalue weighted by Gasteiger charge is -1.98. The second-order valence-electron chi connectivity index (χ2n) is 2.44. The zero-order chi connectivity index (χ0) is 8.36. The maximum atomic E-state index is 7.78. The second kappa shape index (κ2) is 9.88. The van der Waals surface area contributed by atoms with Crippen LogP contribution in [0.15, 0.2) is 0 Å². The zero-order valence-corrected chi connectivity index (χ0v) is 7.08. The van der Waals surface area contributed by atoms with Gasteiger partial charge in [-0.05, 0) is 12.8 Å². The number of rotatable bonds is 8. The van der Waals surface area contributed by atoms with E-state index < -0.39 is 0 Å². The van der Waals surface area contributed by atoms with Gasteiger partial charge in [0.25, 0.3) is 0 Å². The summed E-state index contributed by atoms with van der Waals surface area (Å²) in [5.74, 6) is 0. The van der Waals surface area contributed by atoms with Crippen molar-refractivity contribution >= 4 is 0 Å². The van der Waals surface area contributed by atoms with E-state index in [0.717, 1.165) is 19.3 Å². The average Bonchev–Trinajstić information content (AvgIpc) is 2.03. The maximum Gasteiger partial charge on any atom is 0.0853 e. The van der Waals surface area contributed by atoms with Crippen molar-refractivity contribution in [3.8, 4) is 0 Å². The van der Waals surface area contributed by atoms with Crippen LogP contribution < -0.4 is 0 Å². The molecule has 0 heterocycles. The molecule has 0 aliphatic heterocycles. The molecule has 0 fully saturated rings. The smallest absolute Gasteiger partial charge is 0.0853 e. The molecular weight excluding hydrogens is 144 g/mol. The predicted molar refractivity (Wildman–Crippen MR) is 42.7 cm³/mol. The molecular formula is C8H17O3. The molecule has 11 heavy (non-hydrogen) atoms. The van der Waals surface area contributed by atoms with Crippen LogP contribution in [0.2, 0.25) is 0 Å². The molecule has 3 nitrogen and oxygen atoms in total. The Kier molecular flexibility index (Phi) is 9.77. The molecule has 0 aromatic carbocycles. The van der Waals surface area contributed by atoms with Gasteiger partial charge in [0.1, 0.15) is 0 Å². The average molecular weight is 161 g/mol. The first-order chi connectivity index (χ1) is 5.41. The summed E-state index contributed by atoms with van der Waals surface area (Å²) in [7, 11) is 0. The molecule has 0 aliphatic carbocycles. The maximum absolute atomic E-state index is 7.78. The van der Waals surface area contributed by atoms with Crippen LogP contribution in [0.4, 0.5) is 0 Å². The Morgan fingerprint density at radius 1 is 1.27 bits per heavy atom. The first kappa shape index (κ1) is 10.9. The molecule has 0 saturated heterocycles. The van der Waals surface area contributed by atoms with Gasteiger partial charge < -0.3 is 0 Å². The summed E-state index contributed by atoms with van der Waals surface area (Å²) in [5.41, 5.74) is 0. The lowest BCUT2D eigenvalue weighted by atomic mass is 10.1. The molecule has 0 spiro atoms. The van der Waals surface area contributed by atoms with Gasteiger partial charge >= 0.3 is 0 Å². The van der Waals surface area contributed by atoms with Crippen molar-refractivity contribution in [3.05, 3.63) is 6.42 Å². The van der Waals surface area contributed by atoms with Crippen molar-refractivity contribution in [2.24, 2.45) is 0 Å². The normalized spacial score (nSPS) is 10.4. The molecule has 0 rings (SSSR count). The van der Waals surface area contributed by atoms with Gasteiger partial charge in [0, 0.05) is 0 Å². The molecule has 1 N–H and O–H groups in total. The lowest BCUT2D eigenvalue weighted by Crippen LogP contribution is -1.92. The molecule has 1 radical (unpaired) electrons. The fourth-order valence-electron chi connectivity index (χ4n) is 0.868. The van der Waals surface area contributed by atoms with E-state index in [9.17, 15) is 0 Å². The van der Waals surface area contributed by atoms with E-state index in [4.69, 9.17) is 5.26 Å². The Labute approximate surface area is 68.2 Å². The van der Waals surface area contributed by atoms with E-state index in [1.165, 1.54) is 12.8 Å². The van der Waals surface area contributed by atoms with Gasteiger partial charge in [-0.25, -0.2) is 10.1 Å². The number of unbranched alkanes of at least 4 members (excludes halogenated alkanes) is 5. The fraction of sp³-hybridized carbons (Fsp3) is 0.875. The van der Waals surface area contributed by atoms with Crippen molar-refractivity contribution in [1.29, 1.82) is 0 Å². The topological polar surface area (TPSA) is 38.7 Å². The van der Waals surface area contributed by atoms with Crippen LogP contribution in [0.5, 0.6) is 0 Å². The Morgan fingerprint density at radius 3 is 2.73 bits per heavy atom. The molecule has 67 valence electrons. The highest BCUT2D eigenvalue weighted by Gasteiger charge is 1.90. The van der Waals surface area contributed by atoms with Crippen LogP contribution >= 0.6 is 0 Å². The van der Waals surface area contributed by atoms with Gasteiger partial charge in [0.15, 0.2) is 0 Å². The molecule has 0 aliphatic rings. The minimum Gasteiger partial charge on any atom is -0.221 e. The third kappa shape index (κ3) is 9.88. The first-order valence-electron chi connectivity index (χ1n) is 4.16. The summed E-state index contributed by atoms with van der Waals surface area (Å²) in [5, 5.41) is 11.2. The quantitative estimate of drug-likeness (QED) is 0.338. The van der Waals surface area contributed by atoms with E-state index in [2.05, 4.69) is 23.3 Å².